The van der Waals surface area contributed by atoms with Gasteiger partial charge in [-0.3, -0.25) is 4.79 Å². The van der Waals surface area contributed by atoms with Crippen molar-refractivity contribution in [3.05, 3.63) is 95.8 Å². The molecule has 31 heavy (non-hydrogen) atoms. The van der Waals surface area contributed by atoms with Crippen LogP contribution in [-0.2, 0) is 12.7 Å². The number of imidazole rings is 1. The van der Waals surface area contributed by atoms with Crippen molar-refractivity contribution in [2.24, 2.45) is 0 Å². The van der Waals surface area contributed by atoms with Crippen LogP contribution in [-0.4, -0.2) is 25.2 Å². The Hall–Kier alpha value is -3.88. The monoisotopic (exact) mass is 425 g/mol. The van der Waals surface area contributed by atoms with E-state index in [-0.39, 0.29) is 5.91 Å². The molecule has 0 unspecified atom stereocenters. The van der Waals surface area contributed by atoms with Gasteiger partial charge < -0.3 is 9.88 Å². The summed E-state index contributed by atoms with van der Waals surface area (Å²) in [6.07, 6.45) is 0.377. The molecule has 0 fully saturated rings. The molecule has 4 aromatic rings. The van der Waals surface area contributed by atoms with Crippen LogP contribution in [0.5, 0.6) is 0 Å². The van der Waals surface area contributed by atoms with Crippen molar-refractivity contribution in [1.29, 1.82) is 0 Å². The molecular formula is C22H18F3N5O. The summed E-state index contributed by atoms with van der Waals surface area (Å²) in [6.45, 7) is 2.62. The molecule has 158 valence electrons. The zero-order chi connectivity index (χ0) is 22.0. The number of halogens is 3. The lowest BCUT2D eigenvalue weighted by molar-refractivity contribution is -0.141. The molecule has 0 aliphatic rings. The molecule has 0 radical (unpaired) electrons. The van der Waals surface area contributed by atoms with Crippen LogP contribution in [0.2, 0.25) is 0 Å². The maximum absolute atomic E-state index is 12.7. The summed E-state index contributed by atoms with van der Waals surface area (Å²) in [5, 5.41) is 6.33. The third-order valence-corrected chi connectivity index (χ3v) is 4.76. The molecule has 0 bridgehead atoms. The van der Waals surface area contributed by atoms with Gasteiger partial charge in [0.25, 0.3) is 5.91 Å². The molecule has 0 aliphatic carbocycles. The van der Waals surface area contributed by atoms with Crippen molar-refractivity contribution in [2.45, 2.75) is 19.6 Å². The van der Waals surface area contributed by atoms with Gasteiger partial charge in [-0.25, -0.2) is 9.67 Å². The lowest BCUT2D eigenvalue weighted by Gasteiger charge is -2.09. The van der Waals surface area contributed by atoms with Gasteiger partial charge in [0, 0.05) is 36.4 Å². The van der Waals surface area contributed by atoms with Gasteiger partial charge in [-0.15, -0.1) is 0 Å². The number of rotatable bonds is 5. The minimum Gasteiger partial charge on any atom is -0.331 e. The maximum atomic E-state index is 12.7. The van der Waals surface area contributed by atoms with E-state index in [0.29, 0.717) is 23.5 Å². The van der Waals surface area contributed by atoms with E-state index < -0.39 is 11.9 Å². The molecule has 2 aromatic carbocycles. The van der Waals surface area contributed by atoms with E-state index in [1.807, 2.05) is 42.0 Å². The summed E-state index contributed by atoms with van der Waals surface area (Å²) in [7, 11) is 0. The Labute approximate surface area is 176 Å². The molecule has 9 heteroatoms. The summed E-state index contributed by atoms with van der Waals surface area (Å²) in [5.41, 5.74) is 1.54. The first-order valence-electron chi connectivity index (χ1n) is 9.41. The number of carbonyl (C=O) groups excluding carboxylic acids is 1. The molecule has 0 saturated heterocycles. The molecule has 6 nitrogen and oxygen atoms in total. The van der Waals surface area contributed by atoms with E-state index in [1.54, 1.807) is 18.3 Å². The highest BCUT2D eigenvalue weighted by Crippen LogP contribution is 2.28. The second-order valence-electron chi connectivity index (χ2n) is 6.94. The quantitative estimate of drug-likeness (QED) is 0.504. The fourth-order valence-corrected chi connectivity index (χ4v) is 3.05. The second-order valence-corrected chi connectivity index (χ2v) is 6.94. The van der Waals surface area contributed by atoms with E-state index in [4.69, 9.17) is 0 Å². The maximum Gasteiger partial charge on any atom is 0.435 e. The molecule has 0 spiro atoms. The molecule has 4 rings (SSSR count). The first-order chi connectivity index (χ1) is 14.8. The number of alkyl halides is 3. The number of carbonyl (C=O) groups is 1. The van der Waals surface area contributed by atoms with Gasteiger partial charge in [0.15, 0.2) is 5.69 Å². The van der Waals surface area contributed by atoms with Gasteiger partial charge in [0.05, 0.1) is 5.69 Å². The van der Waals surface area contributed by atoms with Crippen LogP contribution in [0.4, 0.5) is 18.9 Å². The van der Waals surface area contributed by atoms with Gasteiger partial charge in [-0.05, 0) is 55.0 Å². The lowest BCUT2D eigenvalue weighted by Crippen LogP contribution is -2.12. The second kappa shape index (κ2) is 8.10. The Balaban J connectivity index is 1.40. The third kappa shape index (κ3) is 4.66. The van der Waals surface area contributed by atoms with Crippen LogP contribution in [0, 0.1) is 6.92 Å². The van der Waals surface area contributed by atoms with Gasteiger partial charge >= 0.3 is 6.18 Å². The number of aryl methyl sites for hydroxylation is 1. The minimum atomic E-state index is -4.50. The fourth-order valence-electron chi connectivity index (χ4n) is 3.05. The summed E-state index contributed by atoms with van der Waals surface area (Å²) in [6, 6.07) is 14.5. The zero-order valence-electron chi connectivity index (χ0n) is 16.5. The molecular weight excluding hydrogens is 407 g/mol. The topological polar surface area (TPSA) is 64.7 Å². The summed E-state index contributed by atoms with van der Waals surface area (Å²) in [5.74, 6) is 0.603. The number of nitrogens with zero attached hydrogens (tertiary/aromatic N) is 4. The standard InChI is InChI=1S/C22H18F3N5O/c1-15-26-11-13-29(15)14-16-2-6-18(7-3-16)27-21(31)17-4-8-19(9-5-17)30-12-10-20(28-30)22(23,24)25/h2-13H,14H2,1H3,(H,27,31). The normalized spacial score (nSPS) is 11.5. The van der Waals surface area contributed by atoms with Crippen molar-refractivity contribution in [1.82, 2.24) is 19.3 Å². The molecule has 0 saturated carbocycles. The van der Waals surface area contributed by atoms with Crippen molar-refractivity contribution in [2.75, 3.05) is 5.32 Å². The van der Waals surface area contributed by atoms with Crippen molar-refractivity contribution in [3.8, 4) is 5.69 Å². The summed E-state index contributed by atoms with van der Waals surface area (Å²) in [4.78, 5) is 16.7. The van der Waals surface area contributed by atoms with Crippen molar-refractivity contribution in [3.63, 3.8) is 0 Å². The number of nitrogens with one attached hydrogen (secondary N) is 1. The molecule has 0 atom stereocenters. The minimum absolute atomic E-state index is 0.318. The number of hydrogen-bond donors (Lipinski definition) is 1. The van der Waals surface area contributed by atoms with Crippen LogP contribution >= 0.6 is 0 Å². The zero-order valence-corrected chi connectivity index (χ0v) is 16.5. The molecule has 1 N–H and O–H groups in total. The van der Waals surface area contributed by atoms with E-state index in [2.05, 4.69) is 15.4 Å². The Morgan fingerprint density at radius 2 is 1.71 bits per heavy atom. The highest BCUT2D eigenvalue weighted by atomic mass is 19.4. The average molecular weight is 425 g/mol. The van der Waals surface area contributed by atoms with Gasteiger partial charge in [0.2, 0.25) is 0 Å². The Morgan fingerprint density at radius 3 is 2.29 bits per heavy atom. The number of hydrogen-bond acceptors (Lipinski definition) is 3. The van der Waals surface area contributed by atoms with E-state index in [0.717, 1.165) is 22.1 Å². The summed E-state index contributed by atoms with van der Waals surface area (Å²) >= 11 is 0. The van der Waals surface area contributed by atoms with Crippen LogP contribution in [0.15, 0.2) is 73.2 Å². The smallest absolute Gasteiger partial charge is 0.331 e. The Morgan fingerprint density at radius 1 is 1.00 bits per heavy atom. The predicted octanol–water partition coefficient (Wildman–Crippen LogP) is 4.70. The van der Waals surface area contributed by atoms with Crippen LogP contribution in [0.25, 0.3) is 5.69 Å². The van der Waals surface area contributed by atoms with Crippen LogP contribution in [0.3, 0.4) is 0 Å². The van der Waals surface area contributed by atoms with E-state index in [1.165, 1.54) is 18.3 Å². The number of benzene rings is 2. The highest BCUT2D eigenvalue weighted by Gasteiger charge is 2.33. The van der Waals surface area contributed by atoms with Gasteiger partial charge in [0.1, 0.15) is 5.82 Å². The molecule has 2 heterocycles. The molecule has 1 amide bonds. The highest BCUT2D eigenvalue weighted by molar-refractivity contribution is 6.04. The first-order valence-corrected chi connectivity index (χ1v) is 9.41. The fraction of sp³-hybridized carbons (Fsp3) is 0.136. The first kappa shape index (κ1) is 20.4. The average Bonchev–Trinajstić information content (AvgIpc) is 3.39. The van der Waals surface area contributed by atoms with Crippen molar-refractivity contribution >= 4 is 11.6 Å². The number of anilines is 1. The summed E-state index contributed by atoms with van der Waals surface area (Å²) < 4.78 is 41.2. The number of amides is 1. The Bertz CT molecular complexity index is 1190. The van der Waals surface area contributed by atoms with Crippen LogP contribution in [0.1, 0.15) is 27.4 Å². The van der Waals surface area contributed by atoms with Crippen molar-refractivity contribution < 1.29 is 18.0 Å². The lowest BCUT2D eigenvalue weighted by atomic mass is 10.1. The third-order valence-electron chi connectivity index (χ3n) is 4.76. The molecule has 0 aliphatic heterocycles. The predicted molar refractivity (Wildman–Crippen MR) is 109 cm³/mol. The molecule has 2 aromatic heterocycles. The van der Waals surface area contributed by atoms with E-state index >= 15 is 0 Å². The van der Waals surface area contributed by atoms with Gasteiger partial charge in [-0.1, -0.05) is 12.1 Å². The number of aromatic nitrogens is 4. The van der Waals surface area contributed by atoms with E-state index in [9.17, 15) is 18.0 Å². The van der Waals surface area contributed by atoms with Gasteiger partial charge in [-0.2, -0.15) is 18.3 Å². The Kier molecular flexibility index (Phi) is 5.33. The SMILES string of the molecule is Cc1nccn1Cc1ccc(NC(=O)c2ccc(-n3ccc(C(F)(F)F)n3)cc2)cc1. The van der Waals surface area contributed by atoms with Crippen LogP contribution < -0.4 is 5.32 Å². The largest absolute Gasteiger partial charge is 0.435 e.